The Hall–Kier alpha value is -0.570. The van der Waals surface area contributed by atoms with Gasteiger partial charge in [0.05, 0.1) is 11.0 Å². The predicted octanol–water partition coefficient (Wildman–Crippen LogP) is 3.21. The van der Waals surface area contributed by atoms with Gasteiger partial charge in [0, 0.05) is 5.41 Å². The Bertz CT molecular complexity index is 385. The standard InChI is InChI=1S/C16H26O3/c1-3-4-14(2,19)16-8-11-5-12(9-16)7-15(6-11,10-16)13(17)18/h11-12,19H,3-10H2,1-2H3,(H,17,18). The van der Waals surface area contributed by atoms with Gasteiger partial charge < -0.3 is 10.2 Å². The molecule has 0 spiro atoms. The lowest BCUT2D eigenvalue weighted by Gasteiger charge is -2.64. The van der Waals surface area contributed by atoms with Gasteiger partial charge in [-0.05, 0) is 63.7 Å². The summed E-state index contributed by atoms with van der Waals surface area (Å²) in [7, 11) is 0. The van der Waals surface area contributed by atoms with Crippen molar-refractivity contribution >= 4 is 5.97 Å². The molecule has 3 unspecified atom stereocenters. The van der Waals surface area contributed by atoms with Crippen LogP contribution in [0.4, 0.5) is 0 Å². The molecule has 4 saturated carbocycles. The summed E-state index contributed by atoms with van der Waals surface area (Å²) in [5.41, 5.74) is -1.35. The fourth-order valence-corrected chi connectivity index (χ4v) is 5.89. The molecule has 4 fully saturated rings. The van der Waals surface area contributed by atoms with Crippen LogP contribution in [0.25, 0.3) is 0 Å². The lowest BCUT2D eigenvalue weighted by atomic mass is 9.40. The molecule has 3 heteroatoms. The van der Waals surface area contributed by atoms with E-state index >= 15 is 0 Å². The molecule has 4 aliphatic rings. The van der Waals surface area contributed by atoms with Gasteiger partial charge in [0.15, 0.2) is 0 Å². The number of aliphatic carboxylic acids is 1. The SMILES string of the molecule is CCCC(C)(O)C12CC3CC(CC(C(=O)O)(C3)C1)C2. The third-order valence-electron chi connectivity index (χ3n) is 6.39. The van der Waals surface area contributed by atoms with Crippen molar-refractivity contribution in [2.45, 2.75) is 70.8 Å². The molecule has 19 heavy (non-hydrogen) atoms. The van der Waals surface area contributed by atoms with Crippen LogP contribution in [0.15, 0.2) is 0 Å². The highest BCUT2D eigenvalue weighted by Gasteiger charge is 2.65. The molecule has 4 bridgehead atoms. The van der Waals surface area contributed by atoms with Gasteiger partial charge in [-0.3, -0.25) is 4.79 Å². The van der Waals surface area contributed by atoms with Gasteiger partial charge in [-0.15, -0.1) is 0 Å². The van der Waals surface area contributed by atoms with E-state index in [4.69, 9.17) is 0 Å². The molecule has 3 atom stereocenters. The van der Waals surface area contributed by atoms with Crippen LogP contribution in [0.1, 0.15) is 65.2 Å². The molecule has 4 rings (SSSR count). The van der Waals surface area contributed by atoms with Crippen molar-refractivity contribution in [3.63, 3.8) is 0 Å². The monoisotopic (exact) mass is 266 g/mol. The Labute approximate surface area is 115 Å². The molecule has 3 nitrogen and oxygen atoms in total. The first-order valence-corrected chi connectivity index (χ1v) is 7.78. The van der Waals surface area contributed by atoms with Gasteiger partial charge in [0.25, 0.3) is 0 Å². The topological polar surface area (TPSA) is 57.5 Å². The van der Waals surface area contributed by atoms with Crippen LogP contribution < -0.4 is 0 Å². The first-order valence-electron chi connectivity index (χ1n) is 7.78. The largest absolute Gasteiger partial charge is 0.481 e. The minimum absolute atomic E-state index is 0.133. The van der Waals surface area contributed by atoms with E-state index in [1.165, 1.54) is 6.42 Å². The van der Waals surface area contributed by atoms with Crippen LogP contribution in [0.3, 0.4) is 0 Å². The summed E-state index contributed by atoms with van der Waals surface area (Å²) >= 11 is 0. The Balaban J connectivity index is 1.98. The van der Waals surface area contributed by atoms with E-state index in [1.54, 1.807) is 0 Å². The highest BCUT2D eigenvalue weighted by molar-refractivity contribution is 5.75. The molecule has 0 aliphatic heterocycles. The molecule has 0 aromatic heterocycles. The van der Waals surface area contributed by atoms with Crippen molar-refractivity contribution in [3.8, 4) is 0 Å². The van der Waals surface area contributed by atoms with Crippen LogP contribution in [0.2, 0.25) is 0 Å². The van der Waals surface area contributed by atoms with Crippen molar-refractivity contribution in [2.24, 2.45) is 22.7 Å². The second-order valence-electron chi connectivity index (χ2n) is 7.85. The number of carbonyl (C=O) groups is 1. The summed E-state index contributed by atoms with van der Waals surface area (Å²) < 4.78 is 0. The summed E-state index contributed by atoms with van der Waals surface area (Å²) in [6.07, 6.45) is 7.45. The fourth-order valence-electron chi connectivity index (χ4n) is 5.89. The molecule has 108 valence electrons. The Morgan fingerprint density at radius 3 is 2.32 bits per heavy atom. The second-order valence-corrected chi connectivity index (χ2v) is 7.85. The van der Waals surface area contributed by atoms with Crippen molar-refractivity contribution in [2.75, 3.05) is 0 Å². The van der Waals surface area contributed by atoms with E-state index in [0.717, 1.165) is 38.5 Å². The Kier molecular flexibility index (Phi) is 2.80. The summed E-state index contributed by atoms with van der Waals surface area (Å²) in [5.74, 6) is 0.444. The van der Waals surface area contributed by atoms with E-state index in [0.29, 0.717) is 18.3 Å². The highest BCUT2D eigenvalue weighted by Crippen LogP contribution is 2.68. The van der Waals surface area contributed by atoms with Crippen LogP contribution in [-0.4, -0.2) is 21.8 Å². The number of carboxylic acids is 1. The van der Waals surface area contributed by atoms with Crippen molar-refractivity contribution in [1.29, 1.82) is 0 Å². The molecule has 0 heterocycles. The van der Waals surface area contributed by atoms with Crippen molar-refractivity contribution < 1.29 is 15.0 Å². The number of hydrogen-bond acceptors (Lipinski definition) is 2. The van der Waals surface area contributed by atoms with Gasteiger partial charge in [-0.2, -0.15) is 0 Å². The Morgan fingerprint density at radius 1 is 1.26 bits per heavy atom. The number of aliphatic hydroxyl groups is 1. The maximum Gasteiger partial charge on any atom is 0.309 e. The molecular formula is C16H26O3. The van der Waals surface area contributed by atoms with Crippen LogP contribution in [0.5, 0.6) is 0 Å². The van der Waals surface area contributed by atoms with E-state index < -0.39 is 17.0 Å². The van der Waals surface area contributed by atoms with Crippen molar-refractivity contribution in [1.82, 2.24) is 0 Å². The Morgan fingerprint density at radius 2 is 1.84 bits per heavy atom. The molecule has 0 amide bonds. The molecular weight excluding hydrogens is 240 g/mol. The normalized spacial score (nSPS) is 47.1. The lowest BCUT2D eigenvalue weighted by Crippen LogP contribution is -2.62. The quantitative estimate of drug-likeness (QED) is 0.821. The van der Waals surface area contributed by atoms with Crippen molar-refractivity contribution in [3.05, 3.63) is 0 Å². The van der Waals surface area contributed by atoms with E-state index in [9.17, 15) is 15.0 Å². The number of hydrogen-bond donors (Lipinski definition) is 2. The molecule has 4 aliphatic carbocycles. The second kappa shape index (κ2) is 3.97. The minimum atomic E-state index is -0.694. The van der Waals surface area contributed by atoms with Gasteiger partial charge in [-0.1, -0.05) is 13.3 Å². The first kappa shape index (κ1) is 13.4. The maximum atomic E-state index is 11.8. The summed E-state index contributed by atoms with van der Waals surface area (Å²) in [6, 6.07) is 0. The van der Waals surface area contributed by atoms with Gasteiger partial charge >= 0.3 is 5.97 Å². The zero-order valence-corrected chi connectivity index (χ0v) is 12.1. The first-order chi connectivity index (χ1) is 8.82. The summed E-state index contributed by atoms with van der Waals surface area (Å²) in [5, 5.41) is 20.7. The highest BCUT2D eigenvalue weighted by atomic mass is 16.4. The van der Waals surface area contributed by atoms with Gasteiger partial charge in [0.2, 0.25) is 0 Å². The zero-order valence-electron chi connectivity index (χ0n) is 12.1. The predicted molar refractivity (Wildman–Crippen MR) is 72.7 cm³/mol. The smallest absolute Gasteiger partial charge is 0.309 e. The van der Waals surface area contributed by atoms with Gasteiger partial charge in [-0.25, -0.2) is 0 Å². The van der Waals surface area contributed by atoms with Crippen LogP contribution in [0, 0.1) is 22.7 Å². The molecule has 0 aromatic carbocycles. The van der Waals surface area contributed by atoms with Crippen LogP contribution >= 0.6 is 0 Å². The zero-order chi connectivity index (χ0) is 13.9. The lowest BCUT2D eigenvalue weighted by molar-refractivity contribution is -0.211. The minimum Gasteiger partial charge on any atom is -0.481 e. The average Bonchev–Trinajstić information content (AvgIpc) is 2.26. The maximum absolute atomic E-state index is 11.8. The third kappa shape index (κ3) is 1.77. The fraction of sp³-hybridized carbons (Fsp3) is 0.938. The average molecular weight is 266 g/mol. The van der Waals surface area contributed by atoms with Crippen LogP contribution in [-0.2, 0) is 4.79 Å². The number of rotatable bonds is 4. The summed E-state index contributed by atoms with van der Waals surface area (Å²) in [4.78, 5) is 11.8. The number of carboxylic acid groups (broad SMARTS) is 1. The van der Waals surface area contributed by atoms with Gasteiger partial charge in [0.1, 0.15) is 0 Å². The molecule has 0 saturated heterocycles. The molecule has 0 radical (unpaired) electrons. The molecule has 0 aromatic rings. The van der Waals surface area contributed by atoms with E-state index in [1.807, 2.05) is 6.92 Å². The van der Waals surface area contributed by atoms with E-state index in [-0.39, 0.29) is 5.41 Å². The summed E-state index contributed by atoms with van der Waals surface area (Å²) in [6.45, 7) is 4.06. The molecule has 2 N–H and O–H groups in total. The third-order valence-corrected chi connectivity index (χ3v) is 6.39. The van der Waals surface area contributed by atoms with E-state index in [2.05, 4.69) is 6.92 Å².